The van der Waals surface area contributed by atoms with Crippen LogP contribution in [0.15, 0.2) is 52.5 Å². The van der Waals surface area contributed by atoms with E-state index in [9.17, 15) is 19.5 Å². The standard InChI is InChI=1S/C26H21BrN2O7S/c1-3-34-25(33)23-13(2)28-26(37-23)29-20(14-4-7-16(27)8-5-14)19(22(31)24(29)32)21(30)15-6-9-17-18(12-15)36-11-10-35-17/h4-9,12,20,30H,3,10-11H2,1-2H3. The SMILES string of the molecule is CCOC(=O)c1sc(N2C(=O)C(=O)C(=C(O)c3ccc4c(c3)OCCO4)C2c2ccc(Br)cc2)nc1C. The third kappa shape index (κ3) is 4.49. The number of hydrogen-bond donors (Lipinski definition) is 1. The molecule has 1 fully saturated rings. The number of carbonyl (C=O) groups is 3. The van der Waals surface area contributed by atoms with Gasteiger partial charge in [0.2, 0.25) is 0 Å². The predicted octanol–water partition coefficient (Wildman–Crippen LogP) is 4.79. The summed E-state index contributed by atoms with van der Waals surface area (Å²) < 4.78 is 17.1. The first kappa shape index (κ1) is 25.0. The Balaban J connectivity index is 1.66. The number of nitrogens with zero attached hydrogens (tertiary/aromatic N) is 2. The van der Waals surface area contributed by atoms with Gasteiger partial charge in [0.15, 0.2) is 16.6 Å². The van der Waals surface area contributed by atoms with E-state index in [0.29, 0.717) is 41.5 Å². The molecule has 1 aromatic heterocycles. The maximum absolute atomic E-state index is 13.4. The van der Waals surface area contributed by atoms with Crippen LogP contribution in [0.5, 0.6) is 11.5 Å². The van der Waals surface area contributed by atoms with Crippen LogP contribution in [0.25, 0.3) is 5.76 Å². The second-order valence-corrected chi connectivity index (χ2v) is 10.1. The first-order valence-corrected chi connectivity index (χ1v) is 13.0. The van der Waals surface area contributed by atoms with Gasteiger partial charge >= 0.3 is 11.9 Å². The van der Waals surface area contributed by atoms with Gasteiger partial charge in [-0.2, -0.15) is 0 Å². The third-order valence-electron chi connectivity index (χ3n) is 5.90. The molecule has 0 aliphatic carbocycles. The van der Waals surface area contributed by atoms with Gasteiger partial charge in [-0.25, -0.2) is 9.78 Å². The maximum atomic E-state index is 13.4. The van der Waals surface area contributed by atoms with Crippen LogP contribution in [0, 0.1) is 6.92 Å². The van der Waals surface area contributed by atoms with E-state index in [1.807, 2.05) is 0 Å². The molecule has 2 aromatic carbocycles. The molecule has 1 unspecified atom stereocenters. The maximum Gasteiger partial charge on any atom is 0.350 e. The fourth-order valence-electron chi connectivity index (χ4n) is 4.21. The lowest BCUT2D eigenvalue weighted by Crippen LogP contribution is -2.29. The highest BCUT2D eigenvalue weighted by Crippen LogP contribution is 2.45. The minimum absolute atomic E-state index is 0.102. The molecule has 2 aliphatic rings. The summed E-state index contributed by atoms with van der Waals surface area (Å²) in [6.45, 7) is 4.27. The molecular formula is C26H21BrN2O7S. The van der Waals surface area contributed by atoms with Crippen molar-refractivity contribution in [1.29, 1.82) is 0 Å². The zero-order valence-electron chi connectivity index (χ0n) is 19.8. The molecular weight excluding hydrogens is 564 g/mol. The number of Topliss-reactive ketones (excluding diaryl/α,β-unsaturated/α-hetero) is 1. The Hall–Kier alpha value is -3.70. The van der Waals surface area contributed by atoms with Crippen LogP contribution in [-0.2, 0) is 14.3 Å². The summed E-state index contributed by atoms with van der Waals surface area (Å²) in [4.78, 5) is 45.0. The van der Waals surface area contributed by atoms with Crippen LogP contribution in [0.2, 0.25) is 0 Å². The predicted molar refractivity (Wildman–Crippen MR) is 139 cm³/mol. The first-order valence-electron chi connectivity index (χ1n) is 11.4. The second kappa shape index (κ2) is 9.98. The van der Waals surface area contributed by atoms with Gasteiger partial charge in [0, 0.05) is 10.0 Å². The van der Waals surface area contributed by atoms with Crippen molar-refractivity contribution in [3.8, 4) is 11.5 Å². The number of rotatable bonds is 5. The van der Waals surface area contributed by atoms with Gasteiger partial charge in [-0.1, -0.05) is 39.4 Å². The van der Waals surface area contributed by atoms with Gasteiger partial charge in [0.1, 0.15) is 23.9 Å². The summed E-state index contributed by atoms with van der Waals surface area (Å²) in [5, 5.41) is 11.5. The first-order chi connectivity index (χ1) is 17.8. The summed E-state index contributed by atoms with van der Waals surface area (Å²) in [7, 11) is 0. The highest BCUT2D eigenvalue weighted by atomic mass is 79.9. The molecule has 3 heterocycles. The smallest absolute Gasteiger partial charge is 0.350 e. The molecule has 11 heteroatoms. The van der Waals surface area contributed by atoms with Crippen molar-refractivity contribution in [3.05, 3.63) is 74.2 Å². The Morgan fingerprint density at radius 3 is 2.57 bits per heavy atom. The quantitative estimate of drug-likeness (QED) is 0.197. The molecule has 1 atom stereocenters. The number of aryl methyl sites for hydroxylation is 1. The number of aliphatic hydroxyl groups is 1. The Labute approximate surface area is 224 Å². The largest absolute Gasteiger partial charge is 0.507 e. The average molecular weight is 585 g/mol. The number of aliphatic hydroxyl groups excluding tert-OH is 1. The monoisotopic (exact) mass is 584 g/mol. The fraction of sp³-hybridized carbons (Fsp3) is 0.231. The van der Waals surface area contributed by atoms with Crippen molar-refractivity contribution in [2.75, 3.05) is 24.7 Å². The summed E-state index contributed by atoms with van der Waals surface area (Å²) in [5.41, 5.74) is 1.15. The van der Waals surface area contributed by atoms with E-state index in [-0.39, 0.29) is 27.9 Å². The molecule has 3 aromatic rings. The van der Waals surface area contributed by atoms with E-state index in [1.165, 1.54) is 4.90 Å². The van der Waals surface area contributed by atoms with E-state index in [2.05, 4.69) is 20.9 Å². The van der Waals surface area contributed by atoms with Crippen LogP contribution in [0.1, 0.15) is 39.5 Å². The van der Waals surface area contributed by atoms with Crippen molar-refractivity contribution in [3.63, 3.8) is 0 Å². The van der Waals surface area contributed by atoms with Crippen molar-refractivity contribution >= 4 is 55.8 Å². The topological polar surface area (TPSA) is 115 Å². The molecule has 0 saturated carbocycles. The lowest BCUT2D eigenvalue weighted by molar-refractivity contribution is -0.132. The summed E-state index contributed by atoms with van der Waals surface area (Å²) in [5.74, 6) is -1.69. The van der Waals surface area contributed by atoms with E-state index in [1.54, 1.807) is 56.3 Å². The van der Waals surface area contributed by atoms with Gasteiger partial charge in [-0.05, 0) is 49.7 Å². The summed E-state index contributed by atoms with van der Waals surface area (Å²) in [6, 6.07) is 10.9. The number of esters is 1. The van der Waals surface area contributed by atoms with Gasteiger partial charge in [0.25, 0.3) is 5.78 Å². The number of ketones is 1. The lowest BCUT2D eigenvalue weighted by Gasteiger charge is -2.23. The molecule has 0 spiro atoms. The zero-order valence-corrected chi connectivity index (χ0v) is 22.2. The van der Waals surface area contributed by atoms with Crippen LogP contribution in [0.3, 0.4) is 0 Å². The van der Waals surface area contributed by atoms with E-state index in [0.717, 1.165) is 15.8 Å². The Bertz CT molecular complexity index is 1450. The normalized spacial score (nSPS) is 18.2. The van der Waals surface area contributed by atoms with Crippen LogP contribution in [-0.4, -0.2) is 47.6 Å². The Morgan fingerprint density at radius 1 is 1.16 bits per heavy atom. The van der Waals surface area contributed by atoms with E-state index >= 15 is 0 Å². The van der Waals surface area contributed by atoms with Crippen molar-refractivity contribution < 1.29 is 33.7 Å². The van der Waals surface area contributed by atoms with Gasteiger partial charge in [-0.15, -0.1) is 0 Å². The molecule has 0 radical (unpaired) electrons. The van der Waals surface area contributed by atoms with E-state index in [4.69, 9.17) is 14.2 Å². The number of thiazole rings is 1. The molecule has 0 bridgehead atoms. The molecule has 1 amide bonds. The highest BCUT2D eigenvalue weighted by molar-refractivity contribution is 9.10. The van der Waals surface area contributed by atoms with Crippen LogP contribution in [0.4, 0.5) is 5.13 Å². The summed E-state index contributed by atoms with van der Waals surface area (Å²) >= 11 is 4.36. The third-order valence-corrected chi connectivity index (χ3v) is 7.56. The van der Waals surface area contributed by atoms with Gasteiger partial charge in [0.05, 0.1) is 23.9 Å². The molecule has 1 N–H and O–H groups in total. The van der Waals surface area contributed by atoms with Crippen molar-refractivity contribution in [2.45, 2.75) is 19.9 Å². The molecule has 5 rings (SSSR count). The second-order valence-electron chi connectivity index (χ2n) is 8.21. The van der Waals surface area contributed by atoms with Crippen LogP contribution >= 0.6 is 27.3 Å². The number of carbonyl (C=O) groups excluding carboxylic acids is 3. The van der Waals surface area contributed by atoms with Gasteiger partial charge in [-0.3, -0.25) is 14.5 Å². The molecule has 2 aliphatic heterocycles. The minimum Gasteiger partial charge on any atom is -0.507 e. The Kier molecular flexibility index (Phi) is 6.74. The number of amides is 1. The average Bonchev–Trinajstić information content (AvgIpc) is 3.40. The van der Waals surface area contributed by atoms with Crippen molar-refractivity contribution in [1.82, 2.24) is 4.98 Å². The number of halogens is 1. The number of anilines is 1. The zero-order chi connectivity index (χ0) is 26.3. The van der Waals surface area contributed by atoms with E-state index < -0.39 is 23.7 Å². The number of hydrogen-bond acceptors (Lipinski definition) is 9. The Morgan fingerprint density at radius 2 is 1.86 bits per heavy atom. The molecule has 37 heavy (non-hydrogen) atoms. The summed E-state index contributed by atoms with van der Waals surface area (Å²) in [6.07, 6.45) is 0. The number of benzene rings is 2. The van der Waals surface area contributed by atoms with Crippen LogP contribution < -0.4 is 14.4 Å². The number of ether oxygens (including phenoxy) is 3. The number of fused-ring (bicyclic) bond motifs is 1. The lowest BCUT2D eigenvalue weighted by atomic mass is 9.95. The minimum atomic E-state index is -0.984. The molecule has 190 valence electrons. The fourth-order valence-corrected chi connectivity index (χ4v) is 5.46. The van der Waals surface area contributed by atoms with Gasteiger partial charge < -0.3 is 19.3 Å². The highest BCUT2D eigenvalue weighted by Gasteiger charge is 2.48. The number of aromatic nitrogens is 1. The molecule has 9 nitrogen and oxygen atoms in total. The van der Waals surface area contributed by atoms with Crippen molar-refractivity contribution in [2.24, 2.45) is 0 Å². The molecule has 1 saturated heterocycles.